The number of pyridine rings is 1. The number of hydrogen-bond acceptors (Lipinski definition) is 4. The van der Waals surface area contributed by atoms with Gasteiger partial charge in [0.25, 0.3) is 11.5 Å². The molecule has 3 aromatic rings. The highest BCUT2D eigenvalue weighted by Crippen LogP contribution is 2.30. The molecule has 2 aliphatic heterocycles. The number of piperidine rings is 1. The number of nitrogens with one attached hydrogen (secondary N) is 2. The van der Waals surface area contributed by atoms with Crippen molar-refractivity contribution in [2.24, 2.45) is 11.0 Å². The Balaban J connectivity index is 1.31. The number of rotatable bonds is 7. The summed E-state index contributed by atoms with van der Waals surface area (Å²) in [4.78, 5) is 26.3. The van der Waals surface area contributed by atoms with Crippen molar-refractivity contribution in [2.45, 2.75) is 32.4 Å². The van der Waals surface area contributed by atoms with Gasteiger partial charge < -0.3 is 14.2 Å². The number of carbonyl (C=O) groups is 1. The average Bonchev–Trinajstić information content (AvgIpc) is 2.86. The lowest BCUT2D eigenvalue weighted by molar-refractivity contribution is -0.924. The highest BCUT2D eigenvalue weighted by atomic mass is 79.9. The Hall–Kier alpha value is -3.23. The maximum atomic E-state index is 12.4. The number of aromatic nitrogens is 1. The lowest BCUT2D eigenvalue weighted by Crippen LogP contribution is -3.13. The normalized spacial score (nSPS) is 20.7. The van der Waals surface area contributed by atoms with Crippen LogP contribution in [0.15, 0.2) is 75.0 Å². The van der Waals surface area contributed by atoms with E-state index >= 15 is 0 Å². The third kappa shape index (κ3) is 5.29. The van der Waals surface area contributed by atoms with Crippen LogP contribution in [-0.2, 0) is 13.1 Å². The van der Waals surface area contributed by atoms with Gasteiger partial charge >= 0.3 is 0 Å². The Morgan fingerprint density at radius 2 is 2.06 bits per heavy atom. The van der Waals surface area contributed by atoms with Crippen molar-refractivity contribution in [1.29, 1.82) is 0 Å². The maximum Gasteiger partial charge on any atom is 0.272 e. The molecule has 1 aromatic heterocycles. The third-order valence-corrected chi connectivity index (χ3v) is 7.69. The van der Waals surface area contributed by atoms with Crippen LogP contribution >= 0.6 is 15.9 Å². The topological polar surface area (TPSA) is 77.1 Å². The fourth-order valence-electron chi connectivity index (χ4n) is 5.52. The summed E-state index contributed by atoms with van der Waals surface area (Å²) in [6, 6.07) is 18.9. The fourth-order valence-corrected chi connectivity index (χ4v) is 5.98. The molecule has 1 fully saturated rings. The third-order valence-electron chi connectivity index (χ3n) is 7.00. The number of halogens is 1. The van der Waals surface area contributed by atoms with Crippen LogP contribution in [0.5, 0.6) is 5.75 Å². The van der Waals surface area contributed by atoms with Crippen LogP contribution in [0.25, 0.3) is 0 Å². The quantitative estimate of drug-likeness (QED) is 0.351. The summed E-state index contributed by atoms with van der Waals surface area (Å²) in [5.74, 6) is 1.51. The SMILES string of the molecule is CCOc1ccc(C=NNC(=O)c2ccccc2Br)cc1C[NH+]1CC2CC(C1)c1cccc(=O)n1C2. The van der Waals surface area contributed by atoms with Gasteiger partial charge in [-0.15, -0.1) is 0 Å². The fraction of sp³-hybridized carbons (Fsp3) is 0.321. The molecule has 2 bridgehead atoms. The average molecular weight is 550 g/mol. The second-order valence-corrected chi connectivity index (χ2v) is 10.4. The van der Waals surface area contributed by atoms with Gasteiger partial charge in [-0.2, -0.15) is 5.10 Å². The highest BCUT2D eigenvalue weighted by Gasteiger charge is 2.37. The standard InChI is InChI=1S/C28H29BrN4O3/c1-2-36-26-11-10-19(14-30-31-28(35)23-6-3-4-7-24(23)29)12-22(26)18-32-15-20-13-21(17-32)25-8-5-9-27(34)33(25)16-20/h3-12,14,20-21H,2,13,15-18H2,1H3,(H,31,35)/p+1. The number of benzene rings is 2. The first kappa shape index (κ1) is 24.5. The number of likely N-dealkylation sites (tertiary alicyclic amines) is 1. The van der Waals surface area contributed by atoms with Crippen molar-refractivity contribution in [3.05, 3.63) is 97.9 Å². The van der Waals surface area contributed by atoms with E-state index in [4.69, 9.17) is 4.74 Å². The van der Waals surface area contributed by atoms with Crippen LogP contribution in [0.4, 0.5) is 0 Å². The van der Waals surface area contributed by atoms with Gasteiger partial charge in [-0.1, -0.05) is 18.2 Å². The lowest BCUT2D eigenvalue weighted by atomic mass is 9.83. The van der Waals surface area contributed by atoms with Gasteiger partial charge in [0.15, 0.2) is 0 Å². The Kier molecular flexibility index (Phi) is 7.34. The van der Waals surface area contributed by atoms with E-state index in [0.717, 1.165) is 53.9 Å². The number of fused-ring (bicyclic) bond motifs is 4. The minimum Gasteiger partial charge on any atom is -0.493 e. The van der Waals surface area contributed by atoms with Crippen LogP contribution in [-0.4, -0.2) is 36.4 Å². The van der Waals surface area contributed by atoms with Crippen LogP contribution in [0, 0.1) is 5.92 Å². The predicted octanol–water partition coefficient (Wildman–Crippen LogP) is 2.98. The van der Waals surface area contributed by atoms with E-state index in [1.54, 1.807) is 18.3 Å². The Labute approximate surface area is 218 Å². The minimum absolute atomic E-state index is 0.114. The number of nitrogens with zero attached hydrogens (tertiary/aromatic N) is 2. The largest absolute Gasteiger partial charge is 0.493 e. The molecule has 0 aliphatic carbocycles. The molecule has 3 heterocycles. The van der Waals surface area contributed by atoms with Crippen molar-refractivity contribution < 1.29 is 14.4 Å². The first-order valence-electron chi connectivity index (χ1n) is 12.4. The van der Waals surface area contributed by atoms with Crippen LogP contribution in [0.1, 0.15) is 46.4 Å². The van der Waals surface area contributed by atoms with Crippen molar-refractivity contribution >= 4 is 28.1 Å². The Morgan fingerprint density at radius 1 is 1.19 bits per heavy atom. The van der Waals surface area contributed by atoms with E-state index in [9.17, 15) is 9.59 Å². The van der Waals surface area contributed by atoms with Gasteiger partial charge in [-0.3, -0.25) is 9.59 Å². The highest BCUT2D eigenvalue weighted by molar-refractivity contribution is 9.10. The zero-order valence-electron chi connectivity index (χ0n) is 20.2. The molecule has 7 nitrogen and oxygen atoms in total. The smallest absolute Gasteiger partial charge is 0.272 e. The molecule has 1 saturated heterocycles. The van der Waals surface area contributed by atoms with E-state index < -0.39 is 0 Å². The number of hydrazone groups is 1. The molecule has 1 amide bonds. The van der Waals surface area contributed by atoms with Crippen LogP contribution in [0.3, 0.4) is 0 Å². The number of carbonyl (C=O) groups excluding carboxylic acids is 1. The van der Waals surface area contributed by atoms with Crippen molar-refractivity contribution in [3.63, 3.8) is 0 Å². The summed E-state index contributed by atoms with van der Waals surface area (Å²) in [6.45, 7) is 6.25. The molecular formula is C28H30BrN4O3+. The summed E-state index contributed by atoms with van der Waals surface area (Å²) in [5.41, 5.74) is 6.44. The molecule has 186 valence electrons. The molecule has 3 atom stereocenters. The van der Waals surface area contributed by atoms with E-state index in [1.165, 1.54) is 10.6 Å². The van der Waals surface area contributed by atoms with E-state index in [1.807, 2.05) is 47.9 Å². The van der Waals surface area contributed by atoms with Gasteiger partial charge in [-0.25, -0.2) is 5.43 Å². The summed E-state index contributed by atoms with van der Waals surface area (Å²) in [6.07, 6.45) is 2.81. The van der Waals surface area contributed by atoms with Gasteiger partial charge in [0, 0.05) is 40.2 Å². The lowest BCUT2D eigenvalue weighted by Gasteiger charge is -2.40. The second-order valence-electron chi connectivity index (χ2n) is 9.51. The van der Waals surface area contributed by atoms with Gasteiger partial charge in [-0.05, 0) is 71.2 Å². The minimum atomic E-state index is -0.270. The van der Waals surface area contributed by atoms with E-state index in [0.29, 0.717) is 24.0 Å². The van der Waals surface area contributed by atoms with E-state index in [2.05, 4.69) is 38.6 Å². The molecular weight excluding hydrogens is 520 g/mol. The Bertz CT molecular complexity index is 1350. The van der Waals surface area contributed by atoms with Crippen molar-refractivity contribution in [1.82, 2.24) is 9.99 Å². The Morgan fingerprint density at radius 3 is 2.89 bits per heavy atom. The van der Waals surface area contributed by atoms with Crippen molar-refractivity contribution in [3.8, 4) is 5.75 Å². The monoisotopic (exact) mass is 549 g/mol. The van der Waals surface area contributed by atoms with Crippen molar-refractivity contribution in [2.75, 3.05) is 19.7 Å². The molecule has 0 spiro atoms. The summed E-state index contributed by atoms with van der Waals surface area (Å²) >= 11 is 3.40. The zero-order valence-corrected chi connectivity index (χ0v) is 21.8. The summed E-state index contributed by atoms with van der Waals surface area (Å²) in [5, 5.41) is 4.18. The molecule has 0 saturated carbocycles. The molecule has 2 N–H and O–H groups in total. The molecule has 5 rings (SSSR count). The molecule has 36 heavy (non-hydrogen) atoms. The molecule has 8 heteroatoms. The summed E-state index contributed by atoms with van der Waals surface area (Å²) in [7, 11) is 0. The van der Waals surface area contributed by atoms with Gasteiger partial charge in [0.2, 0.25) is 0 Å². The zero-order chi connectivity index (χ0) is 25.1. The molecule has 0 radical (unpaired) electrons. The molecule has 3 unspecified atom stereocenters. The van der Waals surface area contributed by atoms with Gasteiger partial charge in [0.05, 0.1) is 31.5 Å². The van der Waals surface area contributed by atoms with E-state index in [-0.39, 0.29) is 11.5 Å². The first-order valence-corrected chi connectivity index (χ1v) is 13.2. The first-order chi connectivity index (χ1) is 17.5. The second kappa shape index (κ2) is 10.8. The number of ether oxygens (including phenoxy) is 1. The van der Waals surface area contributed by atoms with Crippen LogP contribution in [0.2, 0.25) is 0 Å². The number of quaternary nitrogens is 1. The number of amides is 1. The summed E-state index contributed by atoms with van der Waals surface area (Å²) < 4.78 is 8.63. The molecule has 2 aromatic carbocycles. The van der Waals surface area contributed by atoms with Gasteiger partial charge in [0.1, 0.15) is 12.3 Å². The number of hydrogen-bond donors (Lipinski definition) is 2. The molecule has 2 aliphatic rings. The maximum absolute atomic E-state index is 12.4. The van der Waals surface area contributed by atoms with Crippen LogP contribution < -0.4 is 20.6 Å². The predicted molar refractivity (Wildman–Crippen MR) is 143 cm³/mol.